The van der Waals surface area contributed by atoms with Crippen molar-refractivity contribution in [3.8, 4) is 0 Å². The number of rotatable bonds is 4. The van der Waals surface area contributed by atoms with Crippen LogP contribution in [0.25, 0.3) is 0 Å². The first kappa shape index (κ1) is 15.3. The maximum Gasteiger partial charge on any atom is 0.138 e. The van der Waals surface area contributed by atoms with Crippen molar-refractivity contribution in [2.75, 3.05) is 11.1 Å². The van der Waals surface area contributed by atoms with Crippen molar-refractivity contribution < 1.29 is 0 Å². The molecule has 0 atom stereocenters. The predicted molar refractivity (Wildman–Crippen MR) is 88.3 cm³/mol. The van der Waals surface area contributed by atoms with Crippen LogP contribution in [0.2, 0.25) is 0 Å². The summed E-state index contributed by atoms with van der Waals surface area (Å²) < 4.78 is 0. The fraction of sp³-hybridized carbons (Fsp3) is 0.412. The van der Waals surface area contributed by atoms with E-state index in [1.54, 1.807) is 6.07 Å². The highest BCUT2D eigenvalue weighted by atomic mass is 15.1. The summed E-state index contributed by atoms with van der Waals surface area (Å²) in [6.45, 7) is 9.15. The highest BCUT2D eigenvalue weighted by Crippen LogP contribution is 2.21. The molecule has 1 aromatic heterocycles. The molecular weight excluding hydrogens is 260 g/mol. The van der Waals surface area contributed by atoms with Crippen molar-refractivity contribution in [3.63, 3.8) is 0 Å². The quantitative estimate of drug-likeness (QED) is 0.901. The third kappa shape index (κ3) is 3.94. The Balaban J connectivity index is 2.19. The zero-order chi connectivity index (χ0) is 15.5. The molecule has 0 aliphatic rings. The lowest BCUT2D eigenvalue weighted by Crippen LogP contribution is -2.18. The van der Waals surface area contributed by atoms with E-state index >= 15 is 0 Å². The van der Waals surface area contributed by atoms with Crippen LogP contribution in [-0.4, -0.2) is 9.97 Å². The van der Waals surface area contributed by atoms with Gasteiger partial charge in [0.15, 0.2) is 0 Å². The molecule has 0 radical (unpaired) electrons. The van der Waals surface area contributed by atoms with Crippen LogP contribution in [0.15, 0.2) is 30.3 Å². The lowest BCUT2D eigenvalue weighted by atomic mass is 9.96. The van der Waals surface area contributed by atoms with Gasteiger partial charge in [-0.05, 0) is 17.5 Å². The first-order valence-corrected chi connectivity index (χ1v) is 7.36. The molecule has 0 amide bonds. The number of aromatic nitrogens is 2. The number of hydrogen-bond acceptors (Lipinski definition) is 4. The molecule has 0 saturated carbocycles. The van der Waals surface area contributed by atoms with E-state index in [0.29, 0.717) is 5.82 Å². The van der Waals surface area contributed by atoms with E-state index in [2.05, 4.69) is 67.2 Å². The summed E-state index contributed by atoms with van der Waals surface area (Å²) in [6.07, 6.45) is 1.02. The van der Waals surface area contributed by atoms with Crippen LogP contribution in [0.3, 0.4) is 0 Å². The number of nitrogens with zero attached hydrogens (tertiary/aromatic N) is 2. The van der Waals surface area contributed by atoms with Gasteiger partial charge in [-0.15, -0.1) is 0 Å². The Kier molecular flexibility index (Phi) is 4.46. The maximum absolute atomic E-state index is 5.89. The summed E-state index contributed by atoms with van der Waals surface area (Å²) in [4.78, 5) is 8.89. The SMILES string of the molecule is CCc1ccccc1CNc1cc(N)nc(C(C)(C)C)n1. The van der Waals surface area contributed by atoms with Gasteiger partial charge >= 0.3 is 0 Å². The Morgan fingerprint density at radius 3 is 2.38 bits per heavy atom. The molecule has 112 valence electrons. The molecule has 0 unspecified atom stereocenters. The highest BCUT2D eigenvalue weighted by Gasteiger charge is 2.18. The second-order valence-corrected chi connectivity index (χ2v) is 6.23. The van der Waals surface area contributed by atoms with Crippen LogP contribution < -0.4 is 11.1 Å². The third-order valence-electron chi connectivity index (χ3n) is 3.38. The molecule has 0 aliphatic carbocycles. The molecule has 3 N–H and O–H groups in total. The van der Waals surface area contributed by atoms with Gasteiger partial charge in [-0.1, -0.05) is 52.0 Å². The third-order valence-corrected chi connectivity index (χ3v) is 3.38. The fourth-order valence-electron chi connectivity index (χ4n) is 2.15. The summed E-state index contributed by atoms with van der Waals surface area (Å²) in [5, 5.41) is 3.36. The van der Waals surface area contributed by atoms with Gasteiger partial charge in [0.2, 0.25) is 0 Å². The second kappa shape index (κ2) is 6.12. The first-order valence-electron chi connectivity index (χ1n) is 7.36. The number of hydrogen-bond donors (Lipinski definition) is 2. The van der Waals surface area contributed by atoms with E-state index in [0.717, 1.165) is 24.6 Å². The molecule has 4 nitrogen and oxygen atoms in total. The lowest BCUT2D eigenvalue weighted by molar-refractivity contribution is 0.547. The summed E-state index contributed by atoms with van der Waals surface area (Å²) in [5.41, 5.74) is 8.41. The van der Waals surface area contributed by atoms with E-state index in [9.17, 15) is 0 Å². The van der Waals surface area contributed by atoms with Gasteiger partial charge in [0.25, 0.3) is 0 Å². The molecule has 0 spiro atoms. The van der Waals surface area contributed by atoms with Crippen molar-refractivity contribution in [1.82, 2.24) is 9.97 Å². The van der Waals surface area contributed by atoms with Gasteiger partial charge < -0.3 is 11.1 Å². The fourth-order valence-corrected chi connectivity index (χ4v) is 2.15. The van der Waals surface area contributed by atoms with Crippen LogP contribution in [0.5, 0.6) is 0 Å². The van der Waals surface area contributed by atoms with Gasteiger partial charge in [0.05, 0.1) is 0 Å². The second-order valence-electron chi connectivity index (χ2n) is 6.23. The van der Waals surface area contributed by atoms with Crippen molar-refractivity contribution in [3.05, 3.63) is 47.3 Å². The van der Waals surface area contributed by atoms with Crippen LogP contribution in [0.1, 0.15) is 44.6 Å². The standard InChI is InChI=1S/C17H24N4/c1-5-12-8-6-7-9-13(12)11-19-15-10-14(18)20-16(21-15)17(2,3)4/h6-10H,5,11H2,1-4H3,(H3,18,19,20,21). The summed E-state index contributed by atoms with van der Waals surface area (Å²) in [6, 6.07) is 10.2. The van der Waals surface area contributed by atoms with Crippen molar-refractivity contribution in [2.24, 2.45) is 0 Å². The molecular formula is C17H24N4. The number of aryl methyl sites for hydroxylation is 1. The zero-order valence-corrected chi connectivity index (χ0v) is 13.3. The normalized spacial score (nSPS) is 11.4. The average molecular weight is 284 g/mol. The molecule has 0 bridgehead atoms. The summed E-state index contributed by atoms with van der Waals surface area (Å²) in [5.74, 6) is 2.04. The van der Waals surface area contributed by atoms with E-state index in [1.807, 2.05) is 0 Å². The van der Waals surface area contributed by atoms with Gasteiger partial charge in [-0.25, -0.2) is 9.97 Å². The van der Waals surface area contributed by atoms with Crippen molar-refractivity contribution in [2.45, 2.75) is 46.1 Å². The van der Waals surface area contributed by atoms with Crippen molar-refractivity contribution in [1.29, 1.82) is 0 Å². The molecule has 0 aliphatic heterocycles. The summed E-state index contributed by atoms with van der Waals surface area (Å²) in [7, 11) is 0. The Morgan fingerprint density at radius 2 is 1.76 bits per heavy atom. The van der Waals surface area contributed by atoms with E-state index < -0.39 is 0 Å². The number of nitrogens with two attached hydrogens (primary N) is 1. The van der Waals surface area contributed by atoms with Crippen molar-refractivity contribution >= 4 is 11.6 Å². The Bertz CT molecular complexity index is 614. The van der Waals surface area contributed by atoms with Gasteiger partial charge in [0, 0.05) is 18.0 Å². The van der Waals surface area contributed by atoms with Crippen LogP contribution in [0.4, 0.5) is 11.6 Å². The highest BCUT2D eigenvalue weighted by molar-refractivity contribution is 5.46. The number of nitrogens with one attached hydrogen (secondary N) is 1. The Morgan fingerprint density at radius 1 is 1.10 bits per heavy atom. The molecule has 21 heavy (non-hydrogen) atoms. The van der Waals surface area contributed by atoms with Gasteiger partial charge in [-0.3, -0.25) is 0 Å². The van der Waals surface area contributed by atoms with Crippen LogP contribution in [0, 0.1) is 0 Å². The molecule has 0 saturated heterocycles. The zero-order valence-electron chi connectivity index (χ0n) is 13.3. The van der Waals surface area contributed by atoms with Gasteiger partial charge in [-0.2, -0.15) is 0 Å². The van der Waals surface area contributed by atoms with Crippen LogP contribution >= 0.6 is 0 Å². The minimum Gasteiger partial charge on any atom is -0.384 e. The predicted octanol–water partition coefficient (Wildman–Crippen LogP) is 3.53. The largest absolute Gasteiger partial charge is 0.384 e. The Hall–Kier alpha value is -2.10. The smallest absolute Gasteiger partial charge is 0.138 e. The lowest BCUT2D eigenvalue weighted by Gasteiger charge is -2.18. The molecule has 2 rings (SSSR count). The van der Waals surface area contributed by atoms with E-state index in [-0.39, 0.29) is 5.41 Å². The minimum absolute atomic E-state index is 0.118. The van der Waals surface area contributed by atoms with E-state index in [1.165, 1.54) is 11.1 Å². The number of benzene rings is 1. The maximum atomic E-state index is 5.89. The monoisotopic (exact) mass is 284 g/mol. The minimum atomic E-state index is -0.118. The average Bonchev–Trinajstić information content (AvgIpc) is 2.44. The molecule has 1 heterocycles. The Labute approximate surface area is 126 Å². The van der Waals surface area contributed by atoms with E-state index in [4.69, 9.17) is 5.73 Å². The van der Waals surface area contributed by atoms with Gasteiger partial charge in [0.1, 0.15) is 17.5 Å². The molecule has 0 fully saturated rings. The first-order chi connectivity index (χ1) is 9.90. The molecule has 2 aromatic rings. The molecule has 1 aromatic carbocycles. The topological polar surface area (TPSA) is 63.8 Å². The number of anilines is 2. The summed E-state index contributed by atoms with van der Waals surface area (Å²) >= 11 is 0. The number of nitrogen functional groups attached to an aromatic ring is 1. The molecule has 4 heteroatoms. The van der Waals surface area contributed by atoms with Crippen LogP contribution in [-0.2, 0) is 18.4 Å².